The Morgan fingerprint density at radius 2 is 1.84 bits per heavy atom. The molecule has 2 aliphatic rings. The molecule has 0 aromatic heterocycles. The third-order valence-electron chi connectivity index (χ3n) is 5.12. The quantitative estimate of drug-likeness (QED) is 0.901. The van der Waals surface area contributed by atoms with Gasteiger partial charge < -0.3 is 5.73 Å². The number of likely N-dealkylation sites (tertiary alicyclic amines) is 1. The third kappa shape index (κ3) is 2.56. The second-order valence-corrected chi connectivity index (χ2v) is 6.40. The van der Waals surface area contributed by atoms with Gasteiger partial charge in [0.05, 0.1) is 0 Å². The topological polar surface area (TPSA) is 29.3 Å². The van der Waals surface area contributed by atoms with Gasteiger partial charge in [-0.1, -0.05) is 37.1 Å². The molecular formula is C17H26N2. The van der Waals surface area contributed by atoms with Crippen LogP contribution in [0.2, 0.25) is 0 Å². The van der Waals surface area contributed by atoms with Crippen molar-refractivity contribution in [3.8, 4) is 0 Å². The Kier molecular flexibility index (Phi) is 3.90. The second kappa shape index (κ2) is 5.64. The molecule has 2 fully saturated rings. The number of hydrogen-bond donors (Lipinski definition) is 1. The molecule has 0 radical (unpaired) electrons. The van der Waals surface area contributed by atoms with E-state index in [-0.39, 0.29) is 0 Å². The molecule has 104 valence electrons. The van der Waals surface area contributed by atoms with Gasteiger partial charge in [-0.2, -0.15) is 0 Å². The maximum Gasteiger partial charge on any atom is 0.0351 e. The highest BCUT2D eigenvalue weighted by atomic mass is 15.2. The molecule has 1 aromatic carbocycles. The van der Waals surface area contributed by atoms with Crippen LogP contribution in [-0.2, 0) is 0 Å². The van der Waals surface area contributed by atoms with Crippen molar-refractivity contribution >= 4 is 0 Å². The van der Waals surface area contributed by atoms with Crippen LogP contribution in [0.5, 0.6) is 0 Å². The largest absolute Gasteiger partial charge is 0.330 e. The Morgan fingerprint density at radius 1 is 1.16 bits per heavy atom. The first-order chi connectivity index (χ1) is 9.29. The van der Waals surface area contributed by atoms with Crippen molar-refractivity contribution < 1.29 is 0 Å². The van der Waals surface area contributed by atoms with Crippen LogP contribution in [0.15, 0.2) is 24.3 Å². The minimum absolute atomic E-state index is 0.588. The fourth-order valence-corrected chi connectivity index (χ4v) is 4.06. The average molecular weight is 258 g/mol. The molecule has 3 rings (SSSR count). The standard InChI is InChI=1S/C17H26N2/c1-19-12-13(11-18)10-17(19)16-9-5-4-8-15(16)14-6-2-3-7-14/h4-5,8-9,13-14,17H,2-3,6-7,10-12,18H2,1H3. The Morgan fingerprint density at radius 3 is 2.47 bits per heavy atom. The van der Waals surface area contributed by atoms with E-state index in [1.807, 2.05) is 0 Å². The molecule has 2 unspecified atom stereocenters. The summed E-state index contributed by atoms with van der Waals surface area (Å²) in [5.41, 5.74) is 9.07. The van der Waals surface area contributed by atoms with Gasteiger partial charge in [0.2, 0.25) is 0 Å². The van der Waals surface area contributed by atoms with E-state index in [1.165, 1.54) is 32.1 Å². The first kappa shape index (κ1) is 13.1. The Labute approximate surface area is 117 Å². The zero-order valence-corrected chi connectivity index (χ0v) is 12.0. The predicted molar refractivity (Wildman–Crippen MR) is 80.2 cm³/mol. The summed E-state index contributed by atoms with van der Waals surface area (Å²) in [7, 11) is 2.26. The van der Waals surface area contributed by atoms with E-state index < -0.39 is 0 Å². The van der Waals surface area contributed by atoms with Crippen molar-refractivity contribution in [2.24, 2.45) is 11.7 Å². The molecule has 2 N–H and O–H groups in total. The van der Waals surface area contributed by atoms with E-state index in [0.717, 1.165) is 19.0 Å². The van der Waals surface area contributed by atoms with E-state index >= 15 is 0 Å². The van der Waals surface area contributed by atoms with Crippen LogP contribution in [-0.4, -0.2) is 25.0 Å². The van der Waals surface area contributed by atoms with E-state index in [1.54, 1.807) is 11.1 Å². The molecular weight excluding hydrogens is 232 g/mol. The minimum atomic E-state index is 0.588. The zero-order chi connectivity index (χ0) is 13.2. The smallest absolute Gasteiger partial charge is 0.0351 e. The summed E-state index contributed by atoms with van der Waals surface area (Å²) in [4.78, 5) is 2.51. The van der Waals surface area contributed by atoms with Gasteiger partial charge in [0.25, 0.3) is 0 Å². The maximum absolute atomic E-state index is 5.87. The molecule has 0 bridgehead atoms. The molecule has 1 saturated carbocycles. The van der Waals surface area contributed by atoms with Gasteiger partial charge in [-0.3, -0.25) is 4.90 Å². The van der Waals surface area contributed by atoms with Gasteiger partial charge in [-0.25, -0.2) is 0 Å². The molecule has 2 heteroatoms. The summed E-state index contributed by atoms with van der Waals surface area (Å²) in [6.45, 7) is 1.98. The summed E-state index contributed by atoms with van der Waals surface area (Å²) < 4.78 is 0. The number of hydrogen-bond acceptors (Lipinski definition) is 2. The number of nitrogens with two attached hydrogens (primary N) is 1. The van der Waals surface area contributed by atoms with Crippen LogP contribution in [0.4, 0.5) is 0 Å². The van der Waals surface area contributed by atoms with Gasteiger partial charge in [0.1, 0.15) is 0 Å². The lowest BCUT2D eigenvalue weighted by molar-refractivity contribution is 0.311. The van der Waals surface area contributed by atoms with Crippen molar-refractivity contribution in [2.75, 3.05) is 20.1 Å². The number of nitrogens with zero attached hydrogens (tertiary/aromatic N) is 1. The average Bonchev–Trinajstić information content (AvgIpc) is 3.08. The molecule has 2 nitrogen and oxygen atoms in total. The Balaban J connectivity index is 1.87. The van der Waals surface area contributed by atoms with E-state index in [9.17, 15) is 0 Å². The SMILES string of the molecule is CN1CC(CN)CC1c1ccccc1C1CCCC1. The molecule has 0 amide bonds. The fourth-order valence-electron chi connectivity index (χ4n) is 4.06. The first-order valence-corrected chi connectivity index (χ1v) is 7.78. The highest BCUT2D eigenvalue weighted by molar-refractivity contribution is 5.34. The molecule has 0 spiro atoms. The monoisotopic (exact) mass is 258 g/mol. The van der Waals surface area contributed by atoms with Crippen LogP contribution in [0, 0.1) is 5.92 Å². The van der Waals surface area contributed by atoms with Gasteiger partial charge in [-0.15, -0.1) is 0 Å². The van der Waals surface area contributed by atoms with E-state index in [4.69, 9.17) is 5.73 Å². The molecule has 1 aromatic rings. The molecule has 1 aliphatic carbocycles. The molecule has 1 heterocycles. The molecule has 19 heavy (non-hydrogen) atoms. The first-order valence-electron chi connectivity index (χ1n) is 7.78. The van der Waals surface area contributed by atoms with Gasteiger partial charge in [-0.05, 0) is 55.8 Å². The van der Waals surface area contributed by atoms with Crippen LogP contribution in [0.25, 0.3) is 0 Å². The Hall–Kier alpha value is -0.860. The Bertz CT molecular complexity index is 423. The lowest BCUT2D eigenvalue weighted by atomic mass is 9.88. The van der Waals surface area contributed by atoms with Crippen molar-refractivity contribution in [2.45, 2.75) is 44.1 Å². The van der Waals surface area contributed by atoms with Crippen molar-refractivity contribution in [1.29, 1.82) is 0 Å². The summed E-state index contributed by atoms with van der Waals surface area (Å²) in [6, 6.07) is 9.73. The fraction of sp³-hybridized carbons (Fsp3) is 0.647. The van der Waals surface area contributed by atoms with Gasteiger partial charge in [0, 0.05) is 12.6 Å². The van der Waals surface area contributed by atoms with Crippen LogP contribution >= 0.6 is 0 Å². The summed E-state index contributed by atoms with van der Waals surface area (Å²) in [6.07, 6.45) is 6.81. The zero-order valence-electron chi connectivity index (χ0n) is 12.0. The lowest BCUT2D eigenvalue weighted by Gasteiger charge is -2.25. The lowest BCUT2D eigenvalue weighted by Crippen LogP contribution is -2.21. The van der Waals surface area contributed by atoms with Gasteiger partial charge >= 0.3 is 0 Å². The van der Waals surface area contributed by atoms with Crippen LogP contribution in [0.1, 0.15) is 55.2 Å². The van der Waals surface area contributed by atoms with E-state index in [2.05, 4.69) is 36.2 Å². The molecule has 1 saturated heterocycles. The maximum atomic E-state index is 5.87. The van der Waals surface area contributed by atoms with Crippen molar-refractivity contribution in [1.82, 2.24) is 4.90 Å². The summed E-state index contributed by atoms with van der Waals surface area (Å²) in [5, 5.41) is 0. The highest BCUT2D eigenvalue weighted by Gasteiger charge is 2.32. The molecule has 2 atom stereocenters. The number of benzene rings is 1. The van der Waals surface area contributed by atoms with Crippen molar-refractivity contribution in [3.63, 3.8) is 0 Å². The minimum Gasteiger partial charge on any atom is -0.330 e. The normalized spacial score (nSPS) is 29.2. The van der Waals surface area contributed by atoms with Crippen LogP contribution < -0.4 is 5.73 Å². The van der Waals surface area contributed by atoms with E-state index in [0.29, 0.717) is 12.0 Å². The predicted octanol–water partition coefficient (Wildman–Crippen LogP) is 3.30. The van der Waals surface area contributed by atoms with Crippen LogP contribution in [0.3, 0.4) is 0 Å². The summed E-state index contributed by atoms with van der Waals surface area (Å²) in [5.74, 6) is 1.48. The highest BCUT2D eigenvalue weighted by Crippen LogP contribution is 2.41. The third-order valence-corrected chi connectivity index (χ3v) is 5.12. The number of rotatable bonds is 3. The van der Waals surface area contributed by atoms with Crippen molar-refractivity contribution in [3.05, 3.63) is 35.4 Å². The second-order valence-electron chi connectivity index (χ2n) is 6.40. The molecule has 1 aliphatic heterocycles. The van der Waals surface area contributed by atoms with Gasteiger partial charge in [0.15, 0.2) is 0 Å². The summed E-state index contributed by atoms with van der Waals surface area (Å²) >= 11 is 0.